The van der Waals surface area contributed by atoms with E-state index in [1.165, 1.54) is 29.6 Å². The Morgan fingerprint density at radius 2 is 1.89 bits per heavy atom. The van der Waals surface area contributed by atoms with Crippen molar-refractivity contribution >= 4 is 12.6 Å². The summed E-state index contributed by atoms with van der Waals surface area (Å²) < 4.78 is 0. The van der Waals surface area contributed by atoms with Gasteiger partial charge in [0.05, 0.1) is 0 Å². The number of unbranched alkanes of at least 4 members (excludes halogenated alkanes) is 2. The summed E-state index contributed by atoms with van der Waals surface area (Å²) in [6.45, 7) is 12.3. The molecule has 0 N–H and O–H groups in total. The van der Waals surface area contributed by atoms with Crippen LogP contribution in [0, 0.1) is 0 Å². The predicted molar refractivity (Wildman–Crippen MR) is 92.7 cm³/mol. The zero-order valence-corrected chi connectivity index (χ0v) is 13.8. The van der Waals surface area contributed by atoms with Crippen molar-refractivity contribution < 1.29 is 0 Å². The fourth-order valence-electron chi connectivity index (χ4n) is 1.77. The van der Waals surface area contributed by atoms with Crippen molar-refractivity contribution in [3.05, 3.63) is 58.6 Å². The van der Waals surface area contributed by atoms with Gasteiger partial charge in [-0.2, -0.15) is 0 Å². The van der Waals surface area contributed by atoms with Gasteiger partial charge in [0.15, 0.2) is 0 Å². The summed E-state index contributed by atoms with van der Waals surface area (Å²) in [6.07, 6.45) is 15.1. The van der Waals surface area contributed by atoms with Gasteiger partial charge in [0.2, 0.25) is 0 Å². The van der Waals surface area contributed by atoms with Crippen LogP contribution >= 0.6 is 12.6 Å². The summed E-state index contributed by atoms with van der Waals surface area (Å²) in [4.78, 5) is 1.08. The highest BCUT2D eigenvalue weighted by Gasteiger charge is 2.03. The molecule has 19 heavy (non-hydrogen) atoms. The second-order valence-corrected chi connectivity index (χ2v) is 5.11. The van der Waals surface area contributed by atoms with Crippen molar-refractivity contribution in [3.8, 4) is 0 Å². The van der Waals surface area contributed by atoms with Gasteiger partial charge in [-0.05, 0) is 44.8 Å². The smallest absolute Gasteiger partial charge is 0.0102 e. The normalized spacial score (nSPS) is 14.8. The van der Waals surface area contributed by atoms with Gasteiger partial charge in [0.25, 0.3) is 0 Å². The van der Waals surface area contributed by atoms with Gasteiger partial charge >= 0.3 is 0 Å². The van der Waals surface area contributed by atoms with Crippen molar-refractivity contribution in [1.29, 1.82) is 0 Å². The molecule has 0 amide bonds. The standard InChI is InChI=1S/C18H28S/c1-6-10-11-12-13-17(9-4)18(19)15(5)14-16(7-2)8-3/h7-9,12-13,19H,2,6,10-11,14H2,1,3-5H3/b13-12-,16-8-,17-9+,18-15+. The minimum Gasteiger partial charge on any atom is -0.143 e. The molecule has 106 valence electrons. The lowest BCUT2D eigenvalue weighted by Crippen LogP contribution is -1.88. The lowest BCUT2D eigenvalue weighted by molar-refractivity contribution is 0.814. The van der Waals surface area contributed by atoms with Gasteiger partial charge in [-0.15, -0.1) is 12.6 Å². The van der Waals surface area contributed by atoms with Crippen LogP contribution < -0.4 is 0 Å². The summed E-state index contributed by atoms with van der Waals surface area (Å²) in [5.74, 6) is 0. The van der Waals surface area contributed by atoms with Crippen LogP contribution in [0.15, 0.2) is 58.6 Å². The van der Waals surface area contributed by atoms with Crippen LogP contribution in [0.1, 0.15) is 53.4 Å². The van der Waals surface area contributed by atoms with E-state index >= 15 is 0 Å². The third kappa shape index (κ3) is 7.27. The summed E-state index contributed by atoms with van der Waals surface area (Å²) in [5.41, 5.74) is 3.73. The van der Waals surface area contributed by atoms with E-state index < -0.39 is 0 Å². The molecule has 0 fully saturated rings. The lowest BCUT2D eigenvalue weighted by Gasteiger charge is -2.09. The molecule has 0 radical (unpaired) electrons. The molecular weight excluding hydrogens is 248 g/mol. The first kappa shape index (κ1) is 18.0. The first-order valence-corrected chi connectivity index (χ1v) is 7.54. The van der Waals surface area contributed by atoms with E-state index in [0.29, 0.717) is 0 Å². The van der Waals surface area contributed by atoms with Gasteiger partial charge < -0.3 is 0 Å². The maximum atomic E-state index is 4.68. The molecule has 0 atom stereocenters. The molecular formula is C18H28S. The molecule has 1 heteroatoms. The third-order valence-corrected chi connectivity index (χ3v) is 3.75. The maximum Gasteiger partial charge on any atom is 0.0102 e. The molecule has 0 saturated heterocycles. The number of hydrogen-bond donors (Lipinski definition) is 1. The monoisotopic (exact) mass is 276 g/mol. The molecule has 0 rings (SSSR count). The average molecular weight is 276 g/mol. The van der Waals surface area contributed by atoms with Crippen LogP contribution in [0.4, 0.5) is 0 Å². The van der Waals surface area contributed by atoms with E-state index in [2.05, 4.69) is 64.3 Å². The predicted octanol–water partition coefficient (Wildman–Crippen LogP) is 6.41. The number of rotatable bonds is 8. The average Bonchev–Trinajstić information content (AvgIpc) is 2.44. The fourth-order valence-corrected chi connectivity index (χ4v) is 2.06. The Kier molecular flexibility index (Phi) is 10.4. The minimum absolute atomic E-state index is 0.916. The second-order valence-electron chi connectivity index (χ2n) is 4.66. The van der Waals surface area contributed by atoms with Gasteiger partial charge in [0, 0.05) is 4.91 Å². The van der Waals surface area contributed by atoms with Gasteiger partial charge in [0.1, 0.15) is 0 Å². The largest absolute Gasteiger partial charge is 0.143 e. The number of thiol groups is 1. The third-order valence-electron chi connectivity index (χ3n) is 3.11. The lowest BCUT2D eigenvalue weighted by atomic mass is 10.0. The molecule has 0 spiro atoms. The molecule has 0 aliphatic carbocycles. The van der Waals surface area contributed by atoms with Crippen molar-refractivity contribution in [2.24, 2.45) is 0 Å². The highest BCUT2D eigenvalue weighted by molar-refractivity contribution is 7.84. The van der Waals surface area contributed by atoms with Crippen LogP contribution in [0.5, 0.6) is 0 Å². The Morgan fingerprint density at radius 1 is 1.21 bits per heavy atom. The Balaban J connectivity index is 4.86. The van der Waals surface area contributed by atoms with Gasteiger partial charge in [-0.25, -0.2) is 0 Å². The zero-order chi connectivity index (χ0) is 14.7. The first-order valence-electron chi connectivity index (χ1n) is 7.10. The molecule has 0 saturated carbocycles. The summed E-state index contributed by atoms with van der Waals surface area (Å²) >= 11 is 4.68. The highest BCUT2D eigenvalue weighted by atomic mass is 32.1. The quantitative estimate of drug-likeness (QED) is 0.296. The van der Waals surface area contributed by atoms with Crippen LogP contribution in [-0.2, 0) is 0 Å². The van der Waals surface area contributed by atoms with Crippen LogP contribution in [-0.4, -0.2) is 0 Å². The molecule has 0 aliphatic heterocycles. The fraction of sp³-hybridized carbons (Fsp3) is 0.444. The Labute approximate surface area is 125 Å². The summed E-state index contributed by atoms with van der Waals surface area (Å²) in [5, 5.41) is 0. The van der Waals surface area contributed by atoms with E-state index in [0.717, 1.165) is 17.7 Å². The topological polar surface area (TPSA) is 0 Å². The van der Waals surface area contributed by atoms with Crippen LogP contribution in [0.2, 0.25) is 0 Å². The van der Waals surface area contributed by atoms with Crippen molar-refractivity contribution in [2.45, 2.75) is 53.4 Å². The molecule has 0 aromatic heterocycles. The number of hydrogen-bond acceptors (Lipinski definition) is 1. The molecule has 0 unspecified atom stereocenters. The molecule has 0 aliphatic rings. The molecule has 0 bridgehead atoms. The molecule has 0 aromatic rings. The molecule has 0 heterocycles. The summed E-state index contributed by atoms with van der Waals surface area (Å²) in [7, 11) is 0. The van der Waals surface area contributed by atoms with E-state index in [1.54, 1.807) is 0 Å². The SMILES string of the molecule is C=C/C(=C/C)C\C(C)=C(S)/C(/C=C\CCCC)=C/C. The number of allylic oxidation sites excluding steroid dienone is 8. The van der Waals surface area contributed by atoms with Crippen LogP contribution in [0.3, 0.4) is 0 Å². The Bertz CT molecular complexity index is 392. The van der Waals surface area contributed by atoms with E-state index in [4.69, 9.17) is 0 Å². The van der Waals surface area contributed by atoms with E-state index in [-0.39, 0.29) is 0 Å². The Morgan fingerprint density at radius 3 is 2.37 bits per heavy atom. The minimum atomic E-state index is 0.916. The van der Waals surface area contributed by atoms with Gasteiger partial charge in [-0.1, -0.05) is 62.3 Å². The zero-order valence-electron chi connectivity index (χ0n) is 12.9. The van der Waals surface area contributed by atoms with Crippen molar-refractivity contribution in [1.82, 2.24) is 0 Å². The summed E-state index contributed by atoms with van der Waals surface area (Å²) in [6, 6.07) is 0. The second kappa shape index (κ2) is 10.9. The maximum absolute atomic E-state index is 4.68. The van der Waals surface area contributed by atoms with Gasteiger partial charge in [-0.3, -0.25) is 0 Å². The van der Waals surface area contributed by atoms with E-state index in [9.17, 15) is 0 Å². The highest BCUT2D eigenvalue weighted by Crippen LogP contribution is 2.25. The molecule has 0 aromatic carbocycles. The van der Waals surface area contributed by atoms with Crippen LogP contribution in [0.25, 0.3) is 0 Å². The Hall–Kier alpha value is -0.950. The van der Waals surface area contributed by atoms with Crippen molar-refractivity contribution in [3.63, 3.8) is 0 Å². The first-order chi connectivity index (χ1) is 9.10. The molecule has 0 nitrogen and oxygen atoms in total. The van der Waals surface area contributed by atoms with Crippen molar-refractivity contribution in [2.75, 3.05) is 0 Å². The van der Waals surface area contributed by atoms with E-state index in [1.807, 2.05) is 13.0 Å².